The number of H-pyrrole nitrogens is 1. The summed E-state index contributed by atoms with van der Waals surface area (Å²) in [5.74, 6) is 0. The Labute approximate surface area is 106 Å². The Bertz CT molecular complexity index is 657. The van der Waals surface area contributed by atoms with Gasteiger partial charge in [-0.1, -0.05) is 0 Å². The molecule has 2 heterocycles. The van der Waals surface area contributed by atoms with Crippen LogP contribution in [0.3, 0.4) is 0 Å². The molecule has 2 N–H and O–H groups in total. The average Bonchev–Trinajstić information content (AvgIpc) is 2.62. The van der Waals surface area contributed by atoms with Crippen molar-refractivity contribution in [3.05, 3.63) is 35.4 Å². The highest BCUT2D eigenvalue weighted by atomic mass is 32.2. The molecule has 0 bridgehead atoms. The molecule has 0 fully saturated rings. The zero-order valence-electron chi connectivity index (χ0n) is 10.4. The molecule has 0 saturated heterocycles. The van der Waals surface area contributed by atoms with Crippen molar-refractivity contribution in [1.29, 1.82) is 0 Å². The summed E-state index contributed by atoms with van der Waals surface area (Å²) in [5, 5.41) is 6.55. The lowest BCUT2D eigenvalue weighted by molar-refractivity contribution is 0.600. The van der Waals surface area contributed by atoms with Gasteiger partial charge in [0.25, 0.3) is 10.0 Å². The number of anilines is 1. The van der Waals surface area contributed by atoms with Crippen LogP contribution in [0.25, 0.3) is 0 Å². The second-order valence-electron chi connectivity index (χ2n) is 4.06. The van der Waals surface area contributed by atoms with E-state index in [1.165, 1.54) is 6.20 Å². The van der Waals surface area contributed by atoms with Crippen LogP contribution in [0.5, 0.6) is 0 Å². The van der Waals surface area contributed by atoms with Crippen molar-refractivity contribution in [2.24, 2.45) is 0 Å². The van der Waals surface area contributed by atoms with E-state index in [0.29, 0.717) is 17.1 Å². The Kier molecular flexibility index (Phi) is 3.08. The van der Waals surface area contributed by atoms with Gasteiger partial charge < -0.3 is 0 Å². The van der Waals surface area contributed by atoms with Gasteiger partial charge in [-0.15, -0.1) is 0 Å². The molecule has 7 heteroatoms. The summed E-state index contributed by atoms with van der Waals surface area (Å²) in [7, 11) is -3.64. The molecular formula is C11H14N4O2S. The van der Waals surface area contributed by atoms with E-state index in [2.05, 4.69) is 19.9 Å². The second-order valence-corrected chi connectivity index (χ2v) is 5.68. The Balaban J connectivity index is 2.43. The van der Waals surface area contributed by atoms with Crippen LogP contribution in [0.2, 0.25) is 0 Å². The third-order valence-electron chi connectivity index (χ3n) is 2.61. The molecule has 2 aromatic heterocycles. The largest absolute Gasteiger partial charge is 0.281 e. The Hall–Kier alpha value is -1.89. The standard InChI is InChI=1S/C11H14N4O2S/c1-7-4-5-12-6-10(7)15-18(16,17)11-8(2)13-14-9(11)3/h4-6,15H,1-3H3,(H,13,14). The van der Waals surface area contributed by atoms with E-state index in [0.717, 1.165) is 5.56 Å². The monoisotopic (exact) mass is 266 g/mol. The molecule has 18 heavy (non-hydrogen) atoms. The van der Waals surface area contributed by atoms with Gasteiger partial charge in [0, 0.05) is 6.20 Å². The number of nitrogens with one attached hydrogen (secondary N) is 2. The van der Waals surface area contributed by atoms with Crippen molar-refractivity contribution in [1.82, 2.24) is 15.2 Å². The maximum absolute atomic E-state index is 12.3. The first-order chi connectivity index (χ1) is 8.42. The molecule has 2 rings (SSSR count). The van der Waals surface area contributed by atoms with E-state index in [1.54, 1.807) is 26.1 Å². The Morgan fingerprint density at radius 1 is 1.28 bits per heavy atom. The SMILES string of the molecule is Cc1ccncc1NS(=O)(=O)c1c(C)n[nH]c1C. The maximum atomic E-state index is 12.3. The van der Waals surface area contributed by atoms with Crippen molar-refractivity contribution in [3.8, 4) is 0 Å². The van der Waals surface area contributed by atoms with Gasteiger partial charge in [-0.2, -0.15) is 5.10 Å². The van der Waals surface area contributed by atoms with Crippen molar-refractivity contribution < 1.29 is 8.42 Å². The van der Waals surface area contributed by atoms with Crippen molar-refractivity contribution in [3.63, 3.8) is 0 Å². The van der Waals surface area contributed by atoms with Crippen LogP contribution in [0.4, 0.5) is 5.69 Å². The minimum absolute atomic E-state index is 0.186. The predicted molar refractivity (Wildman–Crippen MR) is 67.8 cm³/mol. The Morgan fingerprint density at radius 3 is 2.56 bits per heavy atom. The molecule has 0 saturated carbocycles. The first kappa shape index (κ1) is 12.6. The van der Waals surface area contributed by atoms with Gasteiger partial charge in [0.2, 0.25) is 0 Å². The molecule has 0 aliphatic rings. The minimum atomic E-state index is -3.64. The fraction of sp³-hybridized carbons (Fsp3) is 0.273. The second kappa shape index (κ2) is 4.41. The number of hydrogen-bond acceptors (Lipinski definition) is 4. The van der Waals surface area contributed by atoms with Crippen LogP contribution < -0.4 is 4.72 Å². The summed E-state index contributed by atoms with van der Waals surface area (Å²) in [6, 6.07) is 1.74. The molecule has 0 aliphatic carbocycles. The number of sulfonamides is 1. The molecule has 2 aromatic rings. The first-order valence-electron chi connectivity index (χ1n) is 5.37. The normalized spacial score (nSPS) is 11.5. The lowest BCUT2D eigenvalue weighted by Gasteiger charge is -2.09. The van der Waals surface area contributed by atoms with Gasteiger partial charge >= 0.3 is 0 Å². The van der Waals surface area contributed by atoms with E-state index in [9.17, 15) is 8.42 Å². The fourth-order valence-corrected chi connectivity index (χ4v) is 3.19. The quantitative estimate of drug-likeness (QED) is 0.881. The summed E-state index contributed by atoms with van der Waals surface area (Å²) in [4.78, 5) is 4.09. The van der Waals surface area contributed by atoms with Crippen LogP contribution in [0.1, 0.15) is 17.0 Å². The Morgan fingerprint density at radius 2 is 2.00 bits per heavy atom. The lowest BCUT2D eigenvalue weighted by atomic mass is 10.3. The first-order valence-corrected chi connectivity index (χ1v) is 6.85. The van der Waals surface area contributed by atoms with Gasteiger partial charge in [-0.3, -0.25) is 14.8 Å². The van der Waals surface area contributed by atoms with Crippen LogP contribution in [0.15, 0.2) is 23.4 Å². The summed E-state index contributed by atoms with van der Waals surface area (Å²) in [6.45, 7) is 5.13. The zero-order valence-corrected chi connectivity index (χ0v) is 11.2. The molecule has 0 atom stereocenters. The van der Waals surface area contributed by atoms with Crippen molar-refractivity contribution >= 4 is 15.7 Å². The minimum Gasteiger partial charge on any atom is -0.281 e. The molecule has 6 nitrogen and oxygen atoms in total. The smallest absolute Gasteiger partial charge is 0.265 e. The third kappa shape index (κ3) is 2.21. The summed E-state index contributed by atoms with van der Waals surface area (Å²) >= 11 is 0. The number of aromatic amines is 1. The topological polar surface area (TPSA) is 87.7 Å². The van der Waals surface area contributed by atoms with E-state index < -0.39 is 10.0 Å². The molecule has 0 spiro atoms. The summed E-state index contributed by atoms with van der Waals surface area (Å²) in [6.07, 6.45) is 3.10. The predicted octanol–water partition coefficient (Wildman–Crippen LogP) is 1.53. The van der Waals surface area contributed by atoms with Gasteiger partial charge in [0.05, 0.1) is 23.3 Å². The molecule has 0 radical (unpaired) electrons. The number of aromatic nitrogens is 3. The molecular weight excluding hydrogens is 252 g/mol. The number of nitrogens with zero attached hydrogens (tertiary/aromatic N) is 2. The van der Waals surface area contributed by atoms with Crippen molar-refractivity contribution in [2.45, 2.75) is 25.7 Å². The number of hydrogen-bond donors (Lipinski definition) is 2. The molecule has 96 valence electrons. The van der Waals surface area contributed by atoms with Gasteiger partial charge in [-0.05, 0) is 32.4 Å². The number of aryl methyl sites for hydroxylation is 3. The number of pyridine rings is 1. The summed E-state index contributed by atoms with van der Waals surface area (Å²) in [5.41, 5.74) is 2.24. The van der Waals surface area contributed by atoms with Gasteiger partial charge in [0.15, 0.2) is 0 Å². The van der Waals surface area contributed by atoms with Crippen molar-refractivity contribution in [2.75, 3.05) is 4.72 Å². The zero-order chi connectivity index (χ0) is 13.3. The van der Waals surface area contributed by atoms with Gasteiger partial charge in [-0.25, -0.2) is 8.42 Å². The highest BCUT2D eigenvalue weighted by Crippen LogP contribution is 2.21. The lowest BCUT2D eigenvalue weighted by Crippen LogP contribution is -2.15. The average molecular weight is 266 g/mol. The molecule has 0 amide bonds. The maximum Gasteiger partial charge on any atom is 0.265 e. The van der Waals surface area contributed by atoms with Crippen LogP contribution in [-0.4, -0.2) is 23.6 Å². The van der Waals surface area contributed by atoms with E-state index in [4.69, 9.17) is 0 Å². The molecule has 0 aliphatic heterocycles. The summed E-state index contributed by atoms with van der Waals surface area (Å²) < 4.78 is 27.0. The van der Waals surface area contributed by atoms with Gasteiger partial charge in [0.1, 0.15) is 4.90 Å². The van der Waals surface area contributed by atoms with Crippen LogP contribution in [-0.2, 0) is 10.0 Å². The number of rotatable bonds is 3. The highest BCUT2D eigenvalue weighted by Gasteiger charge is 2.22. The fourth-order valence-electron chi connectivity index (χ4n) is 1.70. The molecule has 0 aromatic carbocycles. The van der Waals surface area contributed by atoms with Crippen LogP contribution in [0, 0.1) is 20.8 Å². The van der Waals surface area contributed by atoms with E-state index >= 15 is 0 Å². The van der Waals surface area contributed by atoms with E-state index in [-0.39, 0.29) is 4.90 Å². The van der Waals surface area contributed by atoms with E-state index in [1.807, 2.05) is 6.92 Å². The molecule has 0 unspecified atom stereocenters. The van der Waals surface area contributed by atoms with Crippen LogP contribution >= 0.6 is 0 Å². The third-order valence-corrected chi connectivity index (χ3v) is 4.24. The highest BCUT2D eigenvalue weighted by molar-refractivity contribution is 7.92.